The molecule has 0 heterocycles. The third kappa shape index (κ3) is 2.35. The average Bonchev–Trinajstić information content (AvgIpc) is 2.20. The van der Waals surface area contributed by atoms with E-state index in [1.807, 2.05) is 32.0 Å². The lowest BCUT2D eigenvalue weighted by Gasteiger charge is -2.10. The minimum Gasteiger partial charge on any atom is -0.480 e. The van der Waals surface area contributed by atoms with Gasteiger partial charge in [-0.15, -0.1) is 0 Å². The van der Waals surface area contributed by atoms with E-state index in [2.05, 4.69) is 0 Å². The second-order valence-electron chi connectivity index (χ2n) is 3.46. The summed E-state index contributed by atoms with van der Waals surface area (Å²) in [6.45, 7) is 3.90. The molecule has 0 spiro atoms. The zero-order valence-corrected chi connectivity index (χ0v) is 8.82. The zero-order chi connectivity index (χ0) is 11.4. The zero-order valence-electron chi connectivity index (χ0n) is 8.82. The van der Waals surface area contributed by atoms with E-state index in [-0.39, 0.29) is 0 Å². The van der Waals surface area contributed by atoms with Gasteiger partial charge in [0.05, 0.1) is 6.07 Å². The van der Waals surface area contributed by atoms with Crippen molar-refractivity contribution in [2.24, 2.45) is 0 Å². The third-order valence-electron chi connectivity index (χ3n) is 2.37. The lowest BCUT2D eigenvalue weighted by Crippen LogP contribution is -2.11. The first-order chi connectivity index (χ1) is 7.10. The van der Waals surface area contributed by atoms with E-state index in [0.29, 0.717) is 5.56 Å². The minimum absolute atomic E-state index is 0.609. The molecule has 0 saturated carbocycles. The van der Waals surface area contributed by atoms with Gasteiger partial charge in [-0.2, -0.15) is 5.26 Å². The molecule has 1 unspecified atom stereocenters. The number of nitrogens with zero attached hydrogens (tertiary/aromatic N) is 1. The normalized spacial score (nSPS) is 11.8. The first-order valence-corrected chi connectivity index (χ1v) is 4.82. The Balaban J connectivity index is 3.24. The Hall–Kier alpha value is -1.82. The maximum absolute atomic E-state index is 10.9. The monoisotopic (exact) mass is 203 g/mol. The Morgan fingerprint density at radius 2 is 2.27 bits per heavy atom. The number of rotatable bonds is 3. The SMILES string of the molecule is CCc1cc(C)ccc1C(C#N)C(=O)O. The quantitative estimate of drug-likeness (QED) is 0.819. The van der Waals surface area contributed by atoms with E-state index < -0.39 is 11.9 Å². The molecule has 0 radical (unpaired) electrons. The number of aliphatic carboxylic acids is 1. The summed E-state index contributed by atoms with van der Waals surface area (Å²) < 4.78 is 0. The van der Waals surface area contributed by atoms with Gasteiger partial charge in [-0.3, -0.25) is 4.79 Å². The number of nitriles is 1. The van der Waals surface area contributed by atoms with Crippen molar-refractivity contribution in [2.45, 2.75) is 26.2 Å². The number of aryl methyl sites for hydroxylation is 2. The molecular formula is C12H13NO2. The largest absolute Gasteiger partial charge is 0.480 e. The molecule has 0 fully saturated rings. The van der Waals surface area contributed by atoms with E-state index in [4.69, 9.17) is 10.4 Å². The topological polar surface area (TPSA) is 61.1 Å². The number of carbonyl (C=O) groups is 1. The summed E-state index contributed by atoms with van der Waals surface area (Å²) in [6.07, 6.45) is 0.739. The fraction of sp³-hybridized carbons (Fsp3) is 0.333. The van der Waals surface area contributed by atoms with Gasteiger partial charge in [-0.25, -0.2) is 0 Å². The van der Waals surface area contributed by atoms with Crippen LogP contribution in [0.4, 0.5) is 0 Å². The molecule has 1 rings (SSSR count). The van der Waals surface area contributed by atoms with Crippen molar-refractivity contribution in [3.8, 4) is 6.07 Å². The molecule has 0 saturated heterocycles. The number of benzene rings is 1. The molecule has 0 aliphatic carbocycles. The Morgan fingerprint density at radius 3 is 2.73 bits per heavy atom. The highest BCUT2D eigenvalue weighted by Crippen LogP contribution is 2.21. The first kappa shape index (κ1) is 11.3. The van der Waals surface area contributed by atoms with Crippen LogP contribution in [0.25, 0.3) is 0 Å². The number of carboxylic acid groups (broad SMARTS) is 1. The summed E-state index contributed by atoms with van der Waals surface area (Å²) in [5, 5.41) is 17.7. The molecule has 3 nitrogen and oxygen atoms in total. The predicted octanol–water partition coefficient (Wildman–Crippen LogP) is 2.25. The molecule has 1 N–H and O–H groups in total. The van der Waals surface area contributed by atoms with Crippen molar-refractivity contribution in [3.05, 3.63) is 34.9 Å². The van der Waals surface area contributed by atoms with Gasteiger partial charge in [0.2, 0.25) is 0 Å². The average molecular weight is 203 g/mol. The summed E-state index contributed by atoms with van der Waals surface area (Å²) >= 11 is 0. The minimum atomic E-state index is -1.09. The van der Waals surface area contributed by atoms with Crippen LogP contribution in [0.3, 0.4) is 0 Å². The Bertz CT molecular complexity index is 418. The van der Waals surface area contributed by atoms with Crippen LogP contribution in [0, 0.1) is 18.3 Å². The number of hydrogen-bond donors (Lipinski definition) is 1. The molecule has 1 aromatic carbocycles. The van der Waals surface area contributed by atoms with Gasteiger partial charge >= 0.3 is 5.97 Å². The van der Waals surface area contributed by atoms with Gasteiger partial charge in [0, 0.05) is 0 Å². The van der Waals surface area contributed by atoms with Crippen LogP contribution in [0.1, 0.15) is 29.5 Å². The number of hydrogen-bond acceptors (Lipinski definition) is 2. The highest BCUT2D eigenvalue weighted by Gasteiger charge is 2.21. The standard InChI is InChI=1S/C12H13NO2/c1-3-9-6-8(2)4-5-10(9)11(7-13)12(14)15/h4-6,11H,3H2,1-2H3,(H,14,15). The molecule has 0 amide bonds. The molecule has 1 atom stereocenters. The van der Waals surface area contributed by atoms with Gasteiger partial charge in [0.1, 0.15) is 0 Å². The van der Waals surface area contributed by atoms with Gasteiger partial charge in [-0.1, -0.05) is 30.7 Å². The van der Waals surface area contributed by atoms with Crippen LogP contribution in [-0.4, -0.2) is 11.1 Å². The summed E-state index contributed by atoms with van der Waals surface area (Å²) in [7, 11) is 0. The van der Waals surface area contributed by atoms with Gasteiger partial charge in [0.25, 0.3) is 0 Å². The van der Waals surface area contributed by atoms with Gasteiger partial charge in [-0.05, 0) is 24.5 Å². The van der Waals surface area contributed by atoms with Crippen LogP contribution in [0.5, 0.6) is 0 Å². The number of carboxylic acids is 1. The van der Waals surface area contributed by atoms with E-state index in [1.165, 1.54) is 0 Å². The van der Waals surface area contributed by atoms with Crippen molar-refractivity contribution < 1.29 is 9.90 Å². The molecule has 0 aliphatic rings. The van der Waals surface area contributed by atoms with Crippen molar-refractivity contribution in [1.29, 1.82) is 5.26 Å². The van der Waals surface area contributed by atoms with Gasteiger partial charge in [0.15, 0.2) is 5.92 Å². The fourth-order valence-corrected chi connectivity index (χ4v) is 1.58. The van der Waals surface area contributed by atoms with Crippen LogP contribution in [-0.2, 0) is 11.2 Å². The predicted molar refractivity (Wildman–Crippen MR) is 56.5 cm³/mol. The molecule has 3 heteroatoms. The molecule has 1 aromatic rings. The molecule has 0 aromatic heterocycles. The van der Waals surface area contributed by atoms with E-state index >= 15 is 0 Å². The fourth-order valence-electron chi connectivity index (χ4n) is 1.58. The maximum atomic E-state index is 10.9. The summed E-state index contributed by atoms with van der Waals surface area (Å²) in [5.74, 6) is -2.14. The molecule has 15 heavy (non-hydrogen) atoms. The van der Waals surface area contributed by atoms with Crippen LogP contribution < -0.4 is 0 Å². The smallest absolute Gasteiger partial charge is 0.325 e. The van der Waals surface area contributed by atoms with Crippen molar-refractivity contribution in [1.82, 2.24) is 0 Å². The second-order valence-corrected chi connectivity index (χ2v) is 3.46. The highest BCUT2D eigenvalue weighted by atomic mass is 16.4. The van der Waals surface area contributed by atoms with Gasteiger partial charge < -0.3 is 5.11 Å². The summed E-state index contributed by atoms with van der Waals surface area (Å²) in [5.41, 5.74) is 2.62. The summed E-state index contributed by atoms with van der Waals surface area (Å²) in [6, 6.07) is 7.31. The lowest BCUT2D eigenvalue weighted by atomic mass is 9.93. The Morgan fingerprint density at radius 1 is 1.60 bits per heavy atom. The summed E-state index contributed by atoms with van der Waals surface area (Å²) in [4.78, 5) is 10.9. The third-order valence-corrected chi connectivity index (χ3v) is 2.37. The second kappa shape index (κ2) is 4.61. The van der Waals surface area contributed by atoms with E-state index in [9.17, 15) is 4.79 Å². The van der Waals surface area contributed by atoms with E-state index in [1.54, 1.807) is 6.07 Å². The van der Waals surface area contributed by atoms with Crippen LogP contribution >= 0.6 is 0 Å². The molecule has 0 bridgehead atoms. The maximum Gasteiger partial charge on any atom is 0.325 e. The van der Waals surface area contributed by atoms with Crippen LogP contribution in [0.2, 0.25) is 0 Å². The lowest BCUT2D eigenvalue weighted by molar-refractivity contribution is -0.137. The van der Waals surface area contributed by atoms with Crippen molar-refractivity contribution in [3.63, 3.8) is 0 Å². The van der Waals surface area contributed by atoms with Crippen LogP contribution in [0.15, 0.2) is 18.2 Å². The van der Waals surface area contributed by atoms with Crippen molar-refractivity contribution >= 4 is 5.97 Å². The van der Waals surface area contributed by atoms with E-state index in [0.717, 1.165) is 17.5 Å². The Labute approximate surface area is 89.0 Å². The molecule has 78 valence electrons. The molecule has 0 aliphatic heterocycles. The van der Waals surface area contributed by atoms with Crippen molar-refractivity contribution in [2.75, 3.05) is 0 Å². The first-order valence-electron chi connectivity index (χ1n) is 4.82. The highest BCUT2D eigenvalue weighted by molar-refractivity contribution is 5.80. The Kier molecular flexibility index (Phi) is 3.46. The molecular weight excluding hydrogens is 190 g/mol.